The van der Waals surface area contributed by atoms with Gasteiger partial charge >= 0.3 is 0 Å². The first kappa shape index (κ1) is 27.3. The molecular weight excluding hydrogens is 528 g/mol. The first-order valence-corrected chi connectivity index (χ1v) is 13.1. The van der Waals surface area contributed by atoms with Gasteiger partial charge in [0.2, 0.25) is 21.8 Å². The van der Waals surface area contributed by atoms with E-state index in [1.807, 2.05) is 13.0 Å². The number of hydrogen-bond acceptors (Lipinski definition) is 6. The highest BCUT2D eigenvalue weighted by Gasteiger charge is 2.30. The molecule has 0 heterocycles. The molecule has 1 N–H and O–H groups in total. The maximum Gasteiger partial charge on any atom is 0.271 e. The number of benzene rings is 2. The van der Waals surface area contributed by atoms with Gasteiger partial charge in [0, 0.05) is 29.7 Å². The van der Waals surface area contributed by atoms with E-state index in [-0.39, 0.29) is 23.8 Å². The van der Waals surface area contributed by atoms with Gasteiger partial charge in [0.25, 0.3) is 5.69 Å². The Morgan fingerprint density at radius 3 is 2.44 bits per heavy atom. The lowest BCUT2D eigenvalue weighted by Crippen LogP contribution is -2.51. The van der Waals surface area contributed by atoms with E-state index in [1.165, 1.54) is 23.1 Å². The number of halogens is 1. The Morgan fingerprint density at radius 1 is 1.18 bits per heavy atom. The summed E-state index contributed by atoms with van der Waals surface area (Å²) in [7, 11) is -3.97. The highest BCUT2D eigenvalue weighted by atomic mass is 79.9. The Hall–Kier alpha value is -2.99. The van der Waals surface area contributed by atoms with E-state index in [4.69, 9.17) is 0 Å². The van der Waals surface area contributed by atoms with Crippen LogP contribution in [0.4, 0.5) is 11.4 Å². The Morgan fingerprint density at radius 2 is 1.85 bits per heavy atom. The maximum absolute atomic E-state index is 13.4. The van der Waals surface area contributed by atoms with Crippen LogP contribution in [0, 0.1) is 10.1 Å². The van der Waals surface area contributed by atoms with Crippen LogP contribution in [0.1, 0.15) is 25.8 Å². The van der Waals surface area contributed by atoms with Crippen molar-refractivity contribution >= 4 is 49.1 Å². The van der Waals surface area contributed by atoms with Crippen LogP contribution in [-0.2, 0) is 26.2 Å². The van der Waals surface area contributed by atoms with Crippen molar-refractivity contribution in [2.24, 2.45) is 0 Å². The van der Waals surface area contributed by atoms with Gasteiger partial charge in [0.15, 0.2) is 0 Å². The fourth-order valence-electron chi connectivity index (χ4n) is 3.19. The van der Waals surface area contributed by atoms with Crippen molar-refractivity contribution in [3.8, 4) is 0 Å². The molecule has 0 saturated heterocycles. The topological polar surface area (TPSA) is 130 Å². The monoisotopic (exact) mass is 554 g/mol. The standard InChI is InChI=1S/C22H27BrN4O6S/c1-4-11-24-22(29)16(2)25(14-17-7-5-8-18(23)12-17)21(28)15-26(34(3,32)33)19-9-6-10-20(13-19)27(30)31/h5-10,12-13,16H,4,11,14-15H2,1-3H3,(H,24,29)/t16-/m1/s1. The molecule has 0 aromatic heterocycles. The highest BCUT2D eigenvalue weighted by Crippen LogP contribution is 2.24. The normalized spacial score (nSPS) is 12.0. The smallest absolute Gasteiger partial charge is 0.271 e. The number of carbonyl (C=O) groups is 2. The number of nitro groups is 1. The summed E-state index contributed by atoms with van der Waals surface area (Å²) in [4.78, 5) is 37.8. The van der Waals surface area contributed by atoms with Gasteiger partial charge in [0.05, 0.1) is 16.9 Å². The zero-order valence-electron chi connectivity index (χ0n) is 19.1. The quantitative estimate of drug-likeness (QED) is 0.335. The summed E-state index contributed by atoms with van der Waals surface area (Å²) in [6, 6.07) is 11.3. The van der Waals surface area contributed by atoms with E-state index in [0.29, 0.717) is 13.0 Å². The Balaban J connectivity index is 2.41. The molecule has 0 saturated carbocycles. The number of nitrogens with zero attached hydrogens (tertiary/aromatic N) is 3. The average Bonchev–Trinajstić information content (AvgIpc) is 2.78. The third-order valence-electron chi connectivity index (χ3n) is 4.97. The minimum absolute atomic E-state index is 0.0180. The van der Waals surface area contributed by atoms with Gasteiger partial charge in [-0.1, -0.05) is 41.1 Å². The summed E-state index contributed by atoms with van der Waals surface area (Å²) < 4.78 is 26.6. The molecular formula is C22H27BrN4O6S. The SMILES string of the molecule is CCCNC(=O)[C@@H](C)N(Cc1cccc(Br)c1)C(=O)CN(c1cccc([N+](=O)[O-])c1)S(C)(=O)=O. The molecule has 0 aliphatic rings. The predicted molar refractivity (Wildman–Crippen MR) is 133 cm³/mol. The van der Waals surface area contributed by atoms with Crippen molar-refractivity contribution in [1.29, 1.82) is 0 Å². The Labute approximate surface area is 207 Å². The molecule has 10 nitrogen and oxygen atoms in total. The van der Waals surface area contributed by atoms with Gasteiger partial charge in [-0.3, -0.25) is 24.0 Å². The van der Waals surface area contributed by atoms with Crippen LogP contribution in [0.2, 0.25) is 0 Å². The molecule has 2 amide bonds. The zero-order valence-corrected chi connectivity index (χ0v) is 21.5. The molecule has 0 unspecified atom stereocenters. The van der Waals surface area contributed by atoms with Crippen LogP contribution in [0.3, 0.4) is 0 Å². The maximum atomic E-state index is 13.4. The molecule has 0 fully saturated rings. The Bertz CT molecular complexity index is 1160. The first-order valence-electron chi connectivity index (χ1n) is 10.5. The van der Waals surface area contributed by atoms with E-state index in [2.05, 4.69) is 21.2 Å². The van der Waals surface area contributed by atoms with Crippen molar-refractivity contribution in [3.05, 3.63) is 68.7 Å². The van der Waals surface area contributed by atoms with Crippen molar-refractivity contribution in [2.45, 2.75) is 32.9 Å². The predicted octanol–water partition coefficient (Wildman–Crippen LogP) is 3.07. The number of carbonyl (C=O) groups excluding carboxylic acids is 2. The minimum atomic E-state index is -3.97. The highest BCUT2D eigenvalue weighted by molar-refractivity contribution is 9.10. The van der Waals surface area contributed by atoms with Crippen LogP contribution in [0.5, 0.6) is 0 Å². The number of sulfonamides is 1. The number of nitro benzene ring substituents is 1. The van der Waals surface area contributed by atoms with Crippen molar-refractivity contribution in [3.63, 3.8) is 0 Å². The van der Waals surface area contributed by atoms with Gasteiger partial charge in [-0.25, -0.2) is 8.42 Å². The molecule has 2 rings (SSSR count). The third kappa shape index (κ3) is 7.52. The summed E-state index contributed by atoms with van der Waals surface area (Å²) in [5.41, 5.74) is 0.409. The van der Waals surface area contributed by atoms with Gasteiger partial charge in [-0.05, 0) is 37.1 Å². The summed E-state index contributed by atoms with van der Waals surface area (Å²) in [6.07, 6.45) is 1.63. The number of rotatable bonds is 11. The Kier molecular flexibility index (Phi) is 9.56. The van der Waals surface area contributed by atoms with Gasteiger partial charge < -0.3 is 10.2 Å². The lowest BCUT2D eigenvalue weighted by Gasteiger charge is -2.31. The van der Waals surface area contributed by atoms with Gasteiger partial charge in [0.1, 0.15) is 12.6 Å². The number of amides is 2. The summed E-state index contributed by atoms with van der Waals surface area (Å²) in [5.74, 6) is -0.998. The number of hydrogen-bond donors (Lipinski definition) is 1. The fourth-order valence-corrected chi connectivity index (χ4v) is 4.47. The van der Waals surface area contributed by atoms with Crippen molar-refractivity contribution in [2.75, 3.05) is 23.7 Å². The lowest BCUT2D eigenvalue weighted by molar-refractivity contribution is -0.384. The molecule has 0 spiro atoms. The van der Waals surface area contributed by atoms with Crippen LogP contribution in [0.25, 0.3) is 0 Å². The van der Waals surface area contributed by atoms with Gasteiger partial charge in [-0.2, -0.15) is 0 Å². The summed E-state index contributed by atoms with van der Waals surface area (Å²) in [6.45, 7) is 3.34. The summed E-state index contributed by atoms with van der Waals surface area (Å²) in [5, 5.41) is 13.9. The molecule has 2 aromatic carbocycles. The lowest BCUT2D eigenvalue weighted by atomic mass is 10.1. The second-order valence-electron chi connectivity index (χ2n) is 7.67. The van der Waals surface area contributed by atoms with Crippen LogP contribution in [-0.4, -0.2) is 55.4 Å². The molecule has 184 valence electrons. The molecule has 0 aliphatic carbocycles. The first-order chi connectivity index (χ1) is 15.9. The number of nitrogens with one attached hydrogen (secondary N) is 1. The third-order valence-corrected chi connectivity index (χ3v) is 6.60. The fraction of sp³-hybridized carbons (Fsp3) is 0.364. The zero-order chi connectivity index (χ0) is 25.5. The minimum Gasteiger partial charge on any atom is -0.354 e. The van der Waals surface area contributed by atoms with E-state index in [0.717, 1.165) is 26.7 Å². The van der Waals surface area contributed by atoms with Crippen molar-refractivity contribution < 1.29 is 22.9 Å². The van der Waals surface area contributed by atoms with Crippen LogP contribution in [0.15, 0.2) is 53.0 Å². The molecule has 34 heavy (non-hydrogen) atoms. The number of non-ortho nitro benzene ring substituents is 1. The number of anilines is 1. The van der Waals surface area contributed by atoms with Gasteiger partial charge in [-0.15, -0.1) is 0 Å². The summed E-state index contributed by atoms with van der Waals surface area (Å²) >= 11 is 3.38. The largest absolute Gasteiger partial charge is 0.354 e. The average molecular weight is 555 g/mol. The van der Waals surface area contributed by atoms with E-state index in [9.17, 15) is 28.1 Å². The molecule has 2 aromatic rings. The molecule has 0 radical (unpaired) electrons. The molecule has 0 aliphatic heterocycles. The molecule has 0 bridgehead atoms. The van der Waals surface area contributed by atoms with Crippen molar-refractivity contribution in [1.82, 2.24) is 10.2 Å². The van der Waals surface area contributed by atoms with Crippen LogP contribution < -0.4 is 9.62 Å². The molecule has 1 atom stereocenters. The second kappa shape index (κ2) is 11.9. The van der Waals surface area contributed by atoms with Crippen LogP contribution >= 0.6 is 15.9 Å². The van der Waals surface area contributed by atoms with E-state index >= 15 is 0 Å². The second-order valence-corrected chi connectivity index (χ2v) is 10.5. The molecule has 12 heteroatoms. The van der Waals surface area contributed by atoms with E-state index < -0.39 is 33.4 Å². The van der Waals surface area contributed by atoms with E-state index in [1.54, 1.807) is 25.1 Å².